The van der Waals surface area contributed by atoms with E-state index in [1.165, 1.54) is 6.42 Å². The van der Waals surface area contributed by atoms with Crippen LogP contribution in [0.25, 0.3) is 0 Å². The molecule has 0 unspecified atom stereocenters. The van der Waals surface area contributed by atoms with Crippen LogP contribution in [0.15, 0.2) is 4.99 Å². The second-order valence-electron chi connectivity index (χ2n) is 3.96. The number of nitrogens with two attached hydrogens (primary N) is 2. The minimum Gasteiger partial charge on any atom is -0.369 e. The predicted molar refractivity (Wildman–Crippen MR) is 54.1 cm³/mol. The molecule has 0 aromatic rings. The van der Waals surface area contributed by atoms with Crippen molar-refractivity contribution in [1.82, 2.24) is 10.3 Å². The minimum atomic E-state index is 0.0138. The lowest BCUT2D eigenvalue weighted by Gasteiger charge is -2.40. The lowest BCUT2D eigenvalue weighted by molar-refractivity contribution is 0.185. The summed E-state index contributed by atoms with van der Waals surface area (Å²) in [6.45, 7) is 0.940. The van der Waals surface area contributed by atoms with Crippen molar-refractivity contribution in [3.63, 3.8) is 0 Å². The first-order valence-corrected chi connectivity index (χ1v) is 4.55. The average Bonchev–Trinajstić information content (AvgIpc) is 1.99. The average molecular weight is 185 g/mol. The van der Waals surface area contributed by atoms with Gasteiger partial charge >= 0.3 is 0 Å². The van der Waals surface area contributed by atoms with Gasteiger partial charge in [-0.3, -0.25) is 5.43 Å². The van der Waals surface area contributed by atoms with Gasteiger partial charge < -0.3 is 10.6 Å². The monoisotopic (exact) mass is 185 g/mol. The molecule has 0 radical (unpaired) electrons. The van der Waals surface area contributed by atoms with Gasteiger partial charge in [0, 0.05) is 6.54 Å². The van der Waals surface area contributed by atoms with E-state index in [0.29, 0.717) is 5.96 Å². The molecule has 1 aliphatic rings. The molecule has 5 nitrogen and oxygen atoms in total. The smallest absolute Gasteiger partial charge is 0.203 e. The molecule has 0 saturated heterocycles. The van der Waals surface area contributed by atoms with Crippen molar-refractivity contribution >= 4 is 5.96 Å². The van der Waals surface area contributed by atoms with Crippen LogP contribution in [0.1, 0.15) is 19.3 Å². The molecular formula is C8H19N5. The highest BCUT2D eigenvalue weighted by atomic mass is 15.3. The zero-order valence-electron chi connectivity index (χ0n) is 8.38. The molecule has 1 rings (SSSR count). The highest BCUT2D eigenvalue weighted by Crippen LogP contribution is 2.35. The van der Waals surface area contributed by atoms with Gasteiger partial charge in [0.05, 0.1) is 5.54 Å². The number of nitrogens with zero attached hydrogens (tertiary/aromatic N) is 2. The van der Waals surface area contributed by atoms with Gasteiger partial charge in [0.25, 0.3) is 0 Å². The number of hydrogen-bond acceptors (Lipinski definition) is 3. The maximum absolute atomic E-state index is 5.54. The van der Waals surface area contributed by atoms with E-state index in [1.807, 2.05) is 14.1 Å². The molecule has 0 spiro atoms. The molecule has 1 aliphatic carbocycles. The van der Waals surface area contributed by atoms with Gasteiger partial charge in [-0.25, -0.2) is 10.8 Å². The minimum absolute atomic E-state index is 0.0138. The van der Waals surface area contributed by atoms with Crippen molar-refractivity contribution in [2.45, 2.75) is 24.8 Å². The Labute approximate surface area is 79.1 Å². The maximum atomic E-state index is 5.54. The summed E-state index contributed by atoms with van der Waals surface area (Å²) < 4.78 is 0. The first-order valence-electron chi connectivity index (χ1n) is 4.55. The van der Waals surface area contributed by atoms with Gasteiger partial charge in [-0.1, -0.05) is 0 Å². The number of hydrogen-bond donors (Lipinski definition) is 3. The fraction of sp³-hybridized carbons (Fsp3) is 0.875. The van der Waals surface area contributed by atoms with E-state index in [2.05, 4.69) is 15.3 Å². The summed E-state index contributed by atoms with van der Waals surface area (Å²) >= 11 is 0. The molecule has 0 amide bonds. The number of nitrogens with one attached hydrogen (secondary N) is 1. The van der Waals surface area contributed by atoms with E-state index >= 15 is 0 Å². The van der Waals surface area contributed by atoms with Crippen LogP contribution in [0.4, 0.5) is 0 Å². The van der Waals surface area contributed by atoms with Crippen LogP contribution < -0.4 is 17.0 Å². The fourth-order valence-electron chi connectivity index (χ4n) is 1.77. The third-order valence-corrected chi connectivity index (χ3v) is 2.40. The lowest BCUT2D eigenvalue weighted by Crippen LogP contribution is -2.48. The standard InChI is InChI=1S/C8H19N5/c1-13(2)6-8(4-3-5-8)11-7(9)12-10/h3-6,10H2,1-2H3,(H3,9,11,12). The van der Waals surface area contributed by atoms with E-state index in [4.69, 9.17) is 11.6 Å². The van der Waals surface area contributed by atoms with Crippen LogP contribution in [0, 0.1) is 0 Å². The Kier molecular flexibility index (Phi) is 3.11. The second-order valence-corrected chi connectivity index (χ2v) is 3.96. The molecule has 0 aliphatic heterocycles. The van der Waals surface area contributed by atoms with Crippen LogP contribution in [0.2, 0.25) is 0 Å². The predicted octanol–water partition coefficient (Wildman–Crippen LogP) is -0.751. The first kappa shape index (κ1) is 10.3. The zero-order chi connectivity index (χ0) is 9.90. The van der Waals surface area contributed by atoms with Crippen molar-refractivity contribution in [1.29, 1.82) is 0 Å². The van der Waals surface area contributed by atoms with Gasteiger partial charge in [-0.2, -0.15) is 0 Å². The van der Waals surface area contributed by atoms with Crippen molar-refractivity contribution in [3.05, 3.63) is 0 Å². The normalized spacial score (nSPS) is 21.4. The van der Waals surface area contributed by atoms with E-state index in [0.717, 1.165) is 19.4 Å². The highest BCUT2D eigenvalue weighted by molar-refractivity contribution is 5.77. The number of aliphatic imine (C=N–C) groups is 1. The molecule has 76 valence electrons. The van der Waals surface area contributed by atoms with E-state index in [9.17, 15) is 0 Å². The van der Waals surface area contributed by atoms with Gasteiger partial charge in [-0.05, 0) is 33.4 Å². The Morgan fingerprint density at radius 2 is 2.15 bits per heavy atom. The third-order valence-electron chi connectivity index (χ3n) is 2.40. The summed E-state index contributed by atoms with van der Waals surface area (Å²) in [6, 6.07) is 0. The molecule has 0 heterocycles. The molecule has 0 atom stereocenters. The maximum Gasteiger partial charge on any atom is 0.203 e. The van der Waals surface area contributed by atoms with Crippen molar-refractivity contribution in [3.8, 4) is 0 Å². The number of hydrazine groups is 1. The number of rotatable bonds is 3. The summed E-state index contributed by atoms with van der Waals surface area (Å²) in [4.78, 5) is 6.52. The third kappa shape index (κ3) is 2.57. The summed E-state index contributed by atoms with van der Waals surface area (Å²) in [7, 11) is 4.09. The Hall–Kier alpha value is -0.810. The van der Waals surface area contributed by atoms with Gasteiger partial charge in [-0.15, -0.1) is 0 Å². The molecule has 5 heteroatoms. The molecule has 13 heavy (non-hydrogen) atoms. The van der Waals surface area contributed by atoms with E-state index in [-0.39, 0.29) is 5.54 Å². The Balaban J connectivity index is 2.59. The highest BCUT2D eigenvalue weighted by Gasteiger charge is 2.37. The van der Waals surface area contributed by atoms with Crippen molar-refractivity contribution in [2.24, 2.45) is 16.6 Å². The number of likely N-dealkylation sites (N-methyl/N-ethyl adjacent to an activating group) is 1. The van der Waals surface area contributed by atoms with Gasteiger partial charge in [0.1, 0.15) is 0 Å². The van der Waals surface area contributed by atoms with Crippen LogP contribution in [0.3, 0.4) is 0 Å². The molecule has 1 saturated carbocycles. The molecule has 0 aromatic carbocycles. The Bertz CT molecular complexity index is 195. The van der Waals surface area contributed by atoms with E-state index in [1.54, 1.807) is 0 Å². The first-order chi connectivity index (χ1) is 6.08. The summed E-state index contributed by atoms with van der Waals surface area (Å²) in [5.41, 5.74) is 7.92. The molecule has 0 aromatic heterocycles. The molecule has 0 bridgehead atoms. The van der Waals surface area contributed by atoms with Crippen LogP contribution in [-0.4, -0.2) is 37.0 Å². The molecule has 1 fully saturated rings. The number of guanidine groups is 1. The zero-order valence-corrected chi connectivity index (χ0v) is 8.38. The Morgan fingerprint density at radius 3 is 2.46 bits per heavy atom. The SMILES string of the molecule is CN(C)CC1(N=C(N)NN)CCC1. The van der Waals surface area contributed by atoms with Gasteiger partial charge in [0.2, 0.25) is 5.96 Å². The molecular weight excluding hydrogens is 166 g/mol. The van der Waals surface area contributed by atoms with Crippen LogP contribution >= 0.6 is 0 Å². The van der Waals surface area contributed by atoms with Gasteiger partial charge in [0.15, 0.2) is 0 Å². The van der Waals surface area contributed by atoms with E-state index < -0.39 is 0 Å². The largest absolute Gasteiger partial charge is 0.369 e. The quantitative estimate of drug-likeness (QED) is 0.234. The van der Waals surface area contributed by atoms with Crippen molar-refractivity contribution in [2.75, 3.05) is 20.6 Å². The second kappa shape index (κ2) is 3.93. The summed E-state index contributed by atoms with van der Waals surface area (Å²) in [5, 5.41) is 0. The van der Waals surface area contributed by atoms with Crippen LogP contribution in [0.5, 0.6) is 0 Å². The van der Waals surface area contributed by atoms with Crippen LogP contribution in [-0.2, 0) is 0 Å². The fourth-order valence-corrected chi connectivity index (χ4v) is 1.77. The Morgan fingerprint density at radius 1 is 1.54 bits per heavy atom. The summed E-state index contributed by atoms with van der Waals surface area (Å²) in [5.74, 6) is 5.50. The topological polar surface area (TPSA) is 79.7 Å². The lowest BCUT2D eigenvalue weighted by atomic mass is 9.77. The van der Waals surface area contributed by atoms with Crippen molar-refractivity contribution < 1.29 is 0 Å². The summed E-state index contributed by atoms with van der Waals surface area (Å²) in [6.07, 6.45) is 3.44. The molecule has 5 N–H and O–H groups in total.